The Morgan fingerprint density at radius 2 is 1.27 bits per heavy atom. The van der Waals surface area contributed by atoms with E-state index in [-0.39, 0.29) is 63.5 Å². The largest absolute Gasteiger partial charge is 0.496 e. The molecule has 0 radical (unpaired) electrons. The second-order valence-electron chi connectivity index (χ2n) is 25.3. The zero-order valence-corrected chi connectivity index (χ0v) is 53.3. The van der Waals surface area contributed by atoms with Crippen LogP contribution in [0.2, 0.25) is 5.02 Å². The number of hydrogen-bond donors (Lipinski definition) is 2. The molecule has 0 aliphatic carbocycles. The topological polar surface area (TPSA) is 266 Å². The number of hydrogen-bond acceptors (Lipinski definition) is 18. The number of aryl methyl sites for hydroxylation is 4. The van der Waals surface area contributed by atoms with Crippen molar-refractivity contribution in [2.75, 3.05) is 44.4 Å². The lowest BCUT2D eigenvalue weighted by Crippen LogP contribution is -2.41. The monoisotopic (exact) mass is 1280 g/mol. The second kappa shape index (κ2) is 25.3. The Bertz CT molecular complexity index is 4710. The van der Waals surface area contributed by atoms with Crippen LogP contribution < -0.4 is 38.3 Å². The number of likely N-dealkylation sites (N-methyl/N-ethyl adjacent to an activating group) is 2. The number of halogens is 1. The maximum atomic E-state index is 13.6. The first kappa shape index (κ1) is 63.9. The number of carbonyl (C=O) groups excluding carboxylic acids is 2. The van der Waals surface area contributed by atoms with Crippen molar-refractivity contribution in [1.82, 2.24) is 72.6 Å². The molecule has 15 heterocycles. The van der Waals surface area contributed by atoms with E-state index in [9.17, 15) is 28.8 Å². The van der Waals surface area contributed by atoms with E-state index >= 15 is 0 Å². The van der Waals surface area contributed by atoms with Gasteiger partial charge in [0.05, 0.1) is 80.7 Å². The van der Waals surface area contributed by atoms with E-state index in [0.717, 1.165) is 129 Å². The molecule has 0 spiro atoms. The lowest BCUT2D eigenvalue weighted by atomic mass is 9.80. The van der Waals surface area contributed by atoms with Crippen LogP contribution in [0.4, 0.5) is 23.0 Å². The number of rotatable bonds is 10. The minimum absolute atomic E-state index is 0. The molecule has 0 saturated carbocycles. The minimum Gasteiger partial charge on any atom is -0.399 e. The number of nitrogens with one attached hydrogen (secondary N) is 2. The first-order valence-electron chi connectivity index (χ1n) is 30.9. The lowest BCUT2D eigenvalue weighted by molar-refractivity contribution is -0.574. The summed E-state index contributed by atoms with van der Waals surface area (Å²) >= 11 is 6.02. The molecule has 26 nitrogen and oxygen atoms in total. The van der Waals surface area contributed by atoms with Gasteiger partial charge in [0.1, 0.15) is 23.5 Å². The first-order chi connectivity index (χ1) is 44.2. The van der Waals surface area contributed by atoms with Gasteiger partial charge in [0, 0.05) is 113 Å². The predicted octanol–water partition coefficient (Wildman–Crippen LogP) is 5.95. The quantitative estimate of drug-likeness (QED) is 0.0910. The van der Waals surface area contributed by atoms with Crippen molar-refractivity contribution in [3.05, 3.63) is 165 Å². The van der Waals surface area contributed by atoms with Crippen LogP contribution in [0.5, 0.6) is 0 Å². The van der Waals surface area contributed by atoms with E-state index < -0.39 is 18.3 Å². The van der Waals surface area contributed by atoms with Crippen molar-refractivity contribution >= 4 is 76.9 Å². The van der Waals surface area contributed by atoms with Gasteiger partial charge in [0.25, 0.3) is 22.2 Å². The lowest BCUT2D eigenvalue weighted by Gasteiger charge is -2.32. The van der Waals surface area contributed by atoms with E-state index in [1.54, 1.807) is 67.8 Å². The molecule has 0 bridgehead atoms. The van der Waals surface area contributed by atoms with E-state index in [2.05, 4.69) is 74.0 Å². The summed E-state index contributed by atoms with van der Waals surface area (Å²) in [5.41, 5.74) is 6.97. The Morgan fingerprint density at radius 3 is 1.92 bits per heavy atom. The molecule has 1 atom stereocenters. The maximum absolute atomic E-state index is 13.6. The van der Waals surface area contributed by atoms with Gasteiger partial charge in [-0.25, -0.2) is 14.5 Å². The molecule has 0 amide bonds. The van der Waals surface area contributed by atoms with Crippen LogP contribution in [0, 0.1) is 0 Å². The summed E-state index contributed by atoms with van der Waals surface area (Å²) in [5, 5.41) is 25.0. The minimum atomic E-state index is -0.527. The fourth-order valence-electron chi connectivity index (χ4n) is 12.8. The molecular weight excluding hydrogens is 1210 g/mol. The fourth-order valence-corrected chi connectivity index (χ4v) is 13.0. The Kier molecular flexibility index (Phi) is 17.4. The number of nitrogens with zero attached hydrogens (tertiary/aromatic N) is 16. The Balaban J connectivity index is 0.000000140. The van der Waals surface area contributed by atoms with E-state index in [1.807, 2.05) is 61.5 Å². The summed E-state index contributed by atoms with van der Waals surface area (Å²) in [6.07, 6.45) is 19.4. The SMILES string of the molecule is C.CN1CCn2nc(Nc3cc(-c4ccnc(-n5ncc6c(cc7n6CCCC7)c5=O)c4C=O)cn(C)c3=O)cc2C1.CN1CCn2nc(Nc3cc(B4OC(C)(C)C(C)(C)O4)cn(C)c3=O)cc2C1.O=Cc1c(Cl)ccnc1-n1ncc2c(c1=O)C=[N+]1CCCCC21. The molecule has 482 valence electrons. The maximum Gasteiger partial charge on any atom is 0.496 e. The van der Waals surface area contributed by atoms with Crippen LogP contribution in [0.3, 0.4) is 0 Å². The zero-order valence-electron chi connectivity index (χ0n) is 52.6. The number of fused-ring (bicyclic) bond motifs is 8. The number of piperidine rings is 1. The number of pyridine rings is 4. The summed E-state index contributed by atoms with van der Waals surface area (Å²) in [6, 6.07) is 12.8. The van der Waals surface area contributed by atoms with Crippen molar-refractivity contribution < 1.29 is 23.5 Å². The third-order valence-corrected chi connectivity index (χ3v) is 18.8. The molecule has 2 fully saturated rings. The summed E-state index contributed by atoms with van der Waals surface area (Å²) in [5.74, 6) is 1.56. The molecule has 6 aliphatic heterocycles. The highest BCUT2D eigenvalue weighted by molar-refractivity contribution is 6.62. The molecule has 6 aliphatic rings. The van der Waals surface area contributed by atoms with Crippen LogP contribution in [0.25, 0.3) is 33.7 Å². The van der Waals surface area contributed by atoms with Gasteiger partial charge in [0.2, 0.25) is 0 Å². The molecule has 15 rings (SSSR count). The zero-order chi connectivity index (χ0) is 64.5. The van der Waals surface area contributed by atoms with Gasteiger partial charge in [0.15, 0.2) is 48.1 Å². The average Bonchev–Trinajstić information content (AvgIpc) is 1.73. The fraction of sp³-hybridized carbons (Fsp3) is 0.400. The number of aldehydes is 2. The van der Waals surface area contributed by atoms with E-state index in [1.165, 1.54) is 21.5 Å². The normalized spacial score (nSPS) is 17.7. The van der Waals surface area contributed by atoms with E-state index in [4.69, 9.17) is 20.9 Å². The van der Waals surface area contributed by atoms with Gasteiger partial charge in [-0.3, -0.25) is 47.9 Å². The van der Waals surface area contributed by atoms with Gasteiger partial charge >= 0.3 is 7.12 Å². The van der Waals surface area contributed by atoms with Gasteiger partial charge < -0.3 is 33.6 Å². The van der Waals surface area contributed by atoms with Crippen LogP contribution in [-0.4, -0.2) is 148 Å². The number of aromatic nitrogens is 13. The number of carbonyl (C=O) groups is 2. The first-order valence-corrected chi connectivity index (χ1v) is 31.2. The molecule has 9 aromatic rings. The second-order valence-corrected chi connectivity index (χ2v) is 25.7. The third kappa shape index (κ3) is 12.0. The molecule has 2 saturated heterocycles. The predicted molar refractivity (Wildman–Crippen MR) is 355 cm³/mol. The summed E-state index contributed by atoms with van der Waals surface area (Å²) in [4.78, 5) is 88.9. The van der Waals surface area contributed by atoms with Crippen molar-refractivity contribution in [1.29, 1.82) is 0 Å². The number of anilines is 4. The van der Waals surface area contributed by atoms with Crippen molar-refractivity contribution in [3.8, 4) is 22.8 Å². The molecule has 28 heteroatoms. The Morgan fingerprint density at radius 1 is 0.667 bits per heavy atom. The summed E-state index contributed by atoms with van der Waals surface area (Å²) in [7, 11) is 7.01. The molecule has 0 aromatic carbocycles. The third-order valence-electron chi connectivity index (χ3n) is 18.5. The van der Waals surface area contributed by atoms with E-state index in [0.29, 0.717) is 57.7 Å². The molecule has 1 unspecified atom stereocenters. The Hall–Kier alpha value is -9.28. The van der Waals surface area contributed by atoms with Gasteiger partial charge in [-0.1, -0.05) is 19.0 Å². The molecular formula is C65H75BClN18O8+. The van der Waals surface area contributed by atoms with Crippen LogP contribution >= 0.6 is 11.6 Å². The van der Waals surface area contributed by atoms with Gasteiger partial charge in [-0.2, -0.15) is 29.8 Å². The van der Waals surface area contributed by atoms with Crippen LogP contribution in [-0.2, 0) is 62.5 Å². The van der Waals surface area contributed by atoms with Crippen molar-refractivity contribution in [2.45, 2.75) is 124 Å². The standard InChI is InChI=1S/C29H29N9O3.C19H28BN5O3.C16H14ClN4O2.CH4/c1-34-9-10-37-20(16-34)13-26(33-37)32-24-11-18(15-35(2)29(24)41)21-6-7-30-27(23(21)17-39)38-28(40)22-12-19-5-3-4-8-36(19)25(22)14-31-38;1-18(2)19(3,4)28-20(27-18)13-9-15(17(26)24(6)11-13)21-16-10-14-12-23(5)7-8-25(14)22-16;17-13-4-5-18-15(12(13)9-22)21-16(23)11-8-20-6-2-1-3-14(20)10(11)7-19-21;/h6-7,11-15,17H,3-5,8-10,16H2,1-2H3,(H,32,33);9-11H,7-8,12H2,1-6H3,(H,21,22);4-5,7-9,14H,1-3,6H2;1H4/q;;+1;. The van der Waals surface area contributed by atoms with Crippen molar-refractivity contribution in [3.63, 3.8) is 0 Å². The average molecular weight is 1280 g/mol. The molecule has 2 N–H and O–H groups in total. The van der Waals surface area contributed by atoms with Crippen LogP contribution in [0.15, 0.2) is 98.8 Å². The summed E-state index contributed by atoms with van der Waals surface area (Å²) in [6.45, 7) is 15.0. The smallest absolute Gasteiger partial charge is 0.399 e. The van der Waals surface area contributed by atoms with Crippen molar-refractivity contribution in [2.24, 2.45) is 14.1 Å². The highest BCUT2D eigenvalue weighted by Gasteiger charge is 2.52. The van der Waals surface area contributed by atoms with Crippen LogP contribution in [0.1, 0.15) is 122 Å². The molecule has 9 aromatic heterocycles. The van der Waals surface area contributed by atoms with Gasteiger partial charge in [-0.05, 0) is 103 Å². The highest BCUT2D eigenvalue weighted by atomic mass is 35.5. The Labute approximate surface area is 540 Å². The highest BCUT2D eigenvalue weighted by Crippen LogP contribution is 2.37. The summed E-state index contributed by atoms with van der Waals surface area (Å²) < 4.78 is 25.9. The van der Waals surface area contributed by atoms with Gasteiger partial charge in [-0.15, -0.1) is 0 Å². The molecule has 93 heavy (non-hydrogen) atoms.